The molecule has 4 aromatic carbocycles. The van der Waals surface area contributed by atoms with E-state index in [0.717, 1.165) is 63.8 Å². The fourth-order valence-corrected chi connectivity index (χ4v) is 6.92. The molecule has 0 aliphatic carbocycles. The van der Waals surface area contributed by atoms with Gasteiger partial charge in [-0.25, -0.2) is 4.98 Å². The van der Waals surface area contributed by atoms with Gasteiger partial charge in [0.1, 0.15) is 5.82 Å². The number of hydrogen-bond donors (Lipinski definition) is 0. The molecule has 3 aromatic heterocycles. The fraction of sp³-hybridized carbons (Fsp3) is 0.289. The van der Waals surface area contributed by atoms with E-state index in [1.165, 1.54) is 41.6 Å². The Morgan fingerprint density at radius 1 is 0.784 bits per heavy atom. The molecule has 51 heavy (non-hydrogen) atoms. The minimum atomic E-state index is 0. The Bertz CT molecular complexity index is 2270. The van der Waals surface area contributed by atoms with E-state index in [0.29, 0.717) is 11.5 Å². The van der Waals surface area contributed by atoms with E-state index in [2.05, 4.69) is 130 Å². The zero-order valence-electron chi connectivity index (χ0n) is 30.5. The summed E-state index contributed by atoms with van der Waals surface area (Å²) in [5.74, 6) is 2.10. The second kappa shape index (κ2) is 15.4. The Morgan fingerprint density at radius 3 is 2.31 bits per heavy atom. The molecule has 6 heteroatoms. The van der Waals surface area contributed by atoms with Gasteiger partial charge in [0, 0.05) is 34.5 Å². The van der Waals surface area contributed by atoms with Gasteiger partial charge in [-0.2, -0.15) is 17.2 Å². The third-order valence-electron chi connectivity index (χ3n) is 9.58. The molecule has 0 fully saturated rings. The first-order chi connectivity index (χ1) is 24.2. The van der Waals surface area contributed by atoms with Crippen LogP contribution in [-0.4, -0.2) is 19.3 Å². The van der Waals surface area contributed by atoms with Gasteiger partial charge >= 0.3 is 20.4 Å². The van der Waals surface area contributed by atoms with Crippen LogP contribution in [-0.2, 0) is 38.7 Å². The third kappa shape index (κ3) is 7.45. The Morgan fingerprint density at radius 2 is 1.57 bits per heavy atom. The molecule has 0 N–H and O–H groups in total. The van der Waals surface area contributed by atoms with E-state index in [1.807, 2.05) is 30.5 Å². The van der Waals surface area contributed by atoms with Crippen molar-refractivity contribution in [2.45, 2.75) is 85.5 Å². The molecule has 5 nitrogen and oxygen atoms in total. The molecule has 0 unspecified atom stereocenters. The largest absolute Gasteiger partial charge is 2.00 e. The van der Waals surface area contributed by atoms with Crippen LogP contribution in [0.1, 0.15) is 82.8 Å². The average Bonchev–Trinajstić information content (AvgIpc) is 3.65. The zero-order valence-corrected chi connectivity index (χ0v) is 32.0. The maximum absolute atomic E-state index is 6.52. The van der Waals surface area contributed by atoms with E-state index in [1.54, 1.807) is 0 Å². The third-order valence-corrected chi connectivity index (χ3v) is 9.58. The number of unbranched alkanes of at least 4 members (excludes halogenated alkanes) is 3. The van der Waals surface area contributed by atoms with Crippen molar-refractivity contribution in [3.8, 4) is 34.1 Å². The topological polar surface area (TPSA) is 44.9 Å². The van der Waals surface area contributed by atoms with Gasteiger partial charge in [-0.15, -0.1) is 35.7 Å². The van der Waals surface area contributed by atoms with E-state index >= 15 is 0 Å². The molecular weight excluding hydrogens is 719 g/mol. The van der Waals surface area contributed by atoms with Gasteiger partial charge in [0.05, 0.1) is 5.69 Å². The number of hydrogen-bond acceptors (Lipinski definition) is 3. The summed E-state index contributed by atoms with van der Waals surface area (Å²) in [6.45, 7) is 13.3. The number of pyridine rings is 1. The smallest absolute Gasteiger partial charge is 0.509 e. The van der Waals surface area contributed by atoms with E-state index < -0.39 is 0 Å². The van der Waals surface area contributed by atoms with Crippen LogP contribution in [0.4, 0.5) is 0 Å². The number of aryl methyl sites for hydroxylation is 2. The molecule has 0 amide bonds. The number of nitrogens with zero attached hydrogens (tertiary/aromatic N) is 4. The summed E-state index contributed by atoms with van der Waals surface area (Å²) in [7, 11) is 0. The molecule has 0 aliphatic rings. The molecule has 0 atom stereocenters. The molecule has 0 aliphatic heterocycles. The quantitative estimate of drug-likeness (QED) is 0.0748. The van der Waals surface area contributed by atoms with E-state index in [9.17, 15) is 0 Å². The average molecular weight is 765 g/mol. The van der Waals surface area contributed by atoms with Crippen molar-refractivity contribution in [3.05, 3.63) is 132 Å². The van der Waals surface area contributed by atoms with Crippen molar-refractivity contribution in [3.63, 3.8) is 0 Å². The van der Waals surface area contributed by atoms with Crippen molar-refractivity contribution >= 4 is 21.8 Å². The second-order valence-corrected chi connectivity index (χ2v) is 14.3. The Labute approximate surface area is 316 Å². The number of aromatic nitrogens is 4. The number of ether oxygens (including phenoxy) is 1. The molecule has 3 heterocycles. The zero-order chi connectivity index (χ0) is 34.8. The first-order valence-electron chi connectivity index (χ1n) is 18.1. The second-order valence-electron chi connectivity index (χ2n) is 14.3. The van der Waals surface area contributed by atoms with Crippen LogP contribution in [0.25, 0.3) is 44.4 Å². The number of benzene rings is 4. The van der Waals surface area contributed by atoms with Gasteiger partial charge in [-0.1, -0.05) is 102 Å². The minimum Gasteiger partial charge on any atom is -0.509 e. The number of para-hydroxylation sites is 1. The molecule has 0 saturated carbocycles. The van der Waals surface area contributed by atoms with Crippen LogP contribution in [0.15, 0.2) is 97.2 Å². The monoisotopic (exact) mass is 764 g/mol. The summed E-state index contributed by atoms with van der Waals surface area (Å²) in [6, 6.07) is 38.9. The van der Waals surface area contributed by atoms with Crippen LogP contribution in [0, 0.1) is 19.1 Å². The van der Waals surface area contributed by atoms with Gasteiger partial charge in [0.15, 0.2) is 0 Å². The van der Waals surface area contributed by atoms with Gasteiger partial charge in [0.25, 0.3) is 0 Å². The first-order valence-corrected chi connectivity index (χ1v) is 18.1. The Hall–Kier alpha value is -4.50. The molecule has 7 aromatic rings. The Kier molecular flexibility index (Phi) is 11.0. The van der Waals surface area contributed by atoms with Crippen molar-refractivity contribution < 1.29 is 25.2 Å². The summed E-state index contributed by atoms with van der Waals surface area (Å²) in [5.41, 5.74) is 10.3. The summed E-state index contributed by atoms with van der Waals surface area (Å²) < 4.78 is 10.8. The minimum absolute atomic E-state index is 0. The van der Waals surface area contributed by atoms with Crippen molar-refractivity contribution in [1.82, 2.24) is 19.3 Å². The predicted octanol–water partition coefficient (Wildman–Crippen LogP) is 11.7. The van der Waals surface area contributed by atoms with Gasteiger partial charge in [-0.05, 0) is 77.6 Å². The normalized spacial score (nSPS) is 11.6. The van der Waals surface area contributed by atoms with Gasteiger partial charge in [0.2, 0.25) is 0 Å². The number of rotatable bonds is 11. The summed E-state index contributed by atoms with van der Waals surface area (Å²) in [6.07, 6.45) is 8.41. The maximum Gasteiger partial charge on any atom is 2.00 e. The van der Waals surface area contributed by atoms with Crippen molar-refractivity contribution in [2.24, 2.45) is 0 Å². The standard InChI is InChI=1S/C45H46N4O.Pd/c1-7-9-10-11-19-41-44(32-20-22-33(23-21-32)45(4,5)6)39(8-2)47-49(41)34-15-14-16-35(29-34)50-36-24-25-38-37-17-12-13-18-40(37)48(42(38)30-36)43-28-31(3)26-27-46-43;/h12-18,20-28H,7-11,19H2,1-6H3;/q-2;+2. The summed E-state index contributed by atoms with van der Waals surface area (Å²) in [4.78, 5) is 4.72. The van der Waals surface area contributed by atoms with E-state index in [-0.39, 0.29) is 25.8 Å². The summed E-state index contributed by atoms with van der Waals surface area (Å²) >= 11 is 0. The molecule has 262 valence electrons. The number of fused-ring (bicyclic) bond motifs is 3. The molecule has 7 rings (SSSR count). The molecular formula is C45H46N4OPd. The molecule has 0 spiro atoms. The first kappa shape index (κ1) is 36.3. The fourth-order valence-electron chi connectivity index (χ4n) is 6.92. The van der Waals surface area contributed by atoms with Crippen LogP contribution in [0.3, 0.4) is 0 Å². The summed E-state index contributed by atoms with van der Waals surface area (Å²) in [5, 5.41) is 7.48. The van der Waals surface area contributed by atoms with Crippen molar-refractivity contribution in [2.75, 3.05) is 0 Å². The van der Waals surface area contributed by atoms with Crippen LogP contribution in [0.5, 0.6) is 11.5 Å². The van der Waals surface area contributed by atoms with E-state index in [4.69, 9.17) is 14.8 Å². The predicted molar refractivity (Wildman–Crippen MR) is 206 cm³/mol. The van der Waals surface area contributed by atoms with Crippen molar-refractivity contribution in [1.29, 1.82) is 0 Å². The SMILES string of the molecule is CCCCCCc1c(-c2ccc(C(C)(C)C)cc2)c(CC)nn1-c1[c-]c(Oc2[c-]c3c(cc2)c2ccccc2n3-c2cc(C)ccn2)ccc1.[Pd+2]. The van der Waals surface area contributed by atoms with Gasteiger partial charge < -0.3 is 9.30 Å². The van der Waals surface area contributed by atoms with Crippen LogP contribution >= 0.6 is 0 Å². The molecule has 0 bridgehead atoms. The molecule has 0 saturated heterocycles. The molecule has 0 radical (unpaired) electrons. The van der Waals surface area contributed by atoms with Gasteiger partial charge in [-0.3, -0.25) is 4.68 Å². The maximum atomic E-state index is 6.52. The van der Waals surface area contributed by atoms with Crippen LogP contribution < -0.4 is 4.74 Å². The van der Waals surface area contributed by atoms with Crippen LogP contribution in [0.2, 0.25) is 0 Å². The Balaban J connectivity index is 0.00000448.